The second-order valence-corrected chi connectivity index (χ2v) is 5.37. The topological polar surface area (TPSA) is 34.1 Å². The Morgan fingerprint density at radius 3 is 1.64 bits per heavy atom. The van der Waals surface area contributed by atoms with Crippen molar-refractivity contribution in [1.82, 2.24) is 0 Å². The Bertz CT molecular complexity index is 502. The van der Waals surface area contributed by atoms with E-state index in [9.17, 15) is 8.42 Å². The zero-order valence-electron chi connectivity index (χ0n) is 15.0. The van der Waals surface area contributed by atoms with Gasteiger partial charge in [-0.05, 0) is 37.6 Å². The maximum atomic E-state index is 12.4. The van der Waals surface area contributed by atoms with Gasteiger partial charge in [0, 0.05) is 0 Å². The molecule has 0 aliphatic carbocycles. The lowest BCUT2D eigenvalue weighted by molar-refractivity contribution is 0.609. The van der Waals surface area contributed by atoms with Gasteiger partial charge in [-0.3, -0.25) is 0 Å². The Morgan fingerprint density at radius 2 is 1.32 bits per heavy atom. The summed E-state index contributed by atoms with van der Waals surface area (Å²) in [7, 11) is -3.52. The van der Waals surface area contributed by atoms with E-state index in [1.54, 1.807) is 31.2 Å². The first kappa shape index (κ1) is 25.3. The summed E-state index contributed by atoms with van der Waals surface area (Å²) in [6.45, 7) is 18.8. The van der Waals surface area contributed by atoms with Gasteiger partial charge in [0.05, 0.1) is 9.81 Å². The van der Waals surface area contributed by atoms with E-state index in [-0.39, 0.29) is 9.81 Å². The predicted octanol–water partition coefficient (Wildman–Crippen LogP) is 6.14. The second-order valence-electron chi connectivity index (χ2n) is 3.42. The van der Waals surface area contributed by atoms with Crippen molar-refractivity contribution in [3.8, 4) is 0 Å². The Morgan fingerprint density at radius 1 is 0.909 bits per heavy atom. The Kier molecular flexibility index (Phi) is 20.1. The van der Waals surface area contributed by atoms with Gasteiger partial charge in [-0.2, -0.15) is 0 Å². The molecule has 0 unspecified atom stereocenters. The first-order valence-electron chi connectivity index (χ1n) is 7.74. The van der Waals surface area contributed by atoms with Crippen molar-refractivity contribution in [3.05, 3.63) is 71.6 Å². The molecule has 0 heterocycles. The fourth-order valence-electron chi connectivity index (χ4n) is 1.24. The SMILES string of the molecule is C=C/C=C(\C=C/C)S(=O)(=O)C(/C=C\CC)=C/C=C.CC.CC. The van der Waals surface area contributed by atoms with E-state index in [2.05, 4.69) is 13.2 Å². The third-order valence-electron chi connectivity index (χ3n) is 2.03. The highest BCUT2D eigenvalue weighted by molar-refractivity contribution is 7.99. The van der Waals surface area contributed by atoms with Crippen LogP contribution in [0.5, 0.6) is 0 Å². The molecule has 2 nitrogen and oxygen atoms in total. The third-order valence-corrected chi connectivity index (χ3v) is 3.82. The molecular formula is C19H32O2S. The molecule has 0 N–H and O–H groups in total. The number of allylic oxidation sites excluding steroid dienone is 8. The Labute approximate surface area is 138 Å². The van der Waals surface area contributed by atoms with E-state index >= 15 is 0 Å². The van der Waals surface area contributed by atoms with Crippen LogP contribution in [0.15, 0.2) is 71.6 Å². The monoisotopic (exact) mass is 324 g/mol. The summed E-state index contributed by atoms with van der Waals surface area (Å²) in [4.78, 5) is 0.444. The fourth-order valence-corrected chi connectivity index (χ4v) is 2.65. The van der Waals surface area contributed by atoms with Gasteiger partial charge in [0.15, 0.2) is 0 Å². The number of rotatable bonds is 7. The van der Waals surface area contributed by atoms with Crippen LogP contribution in [0.3, 0.4) is 0 Å². The van der Waals surface area contributed by atoms with Crippen molar-refractivity contribution in [1.29, 1.82) is 0 Å². The maximum Gasteiger partial charge on any atom is 0.206 e. The number of hydrogen-bond acceptors (Lipinski definition) is 2. The highest BCUT2D eigenvalue weighted by Gasteiger charge is 2.18. The molecular weight excluding hydrogens is 292 g/mol. The maximum absolute atomic E-state index is 12.4. The second kappa shape index (κ2) is 17.4. The Hall–Kier alpha value is -1.61. The van der Waals surface area contributed by atoms with Gasteiger partial charge in [-0.15, -0.1) is 0 Å². The van der Waals surface area contributed by atoms with Crippen molar-refractivity contribution in [3.63, 3.8) is 0 Å². The van der Waals surface area contributed by atoms with Crippen molar-refractivity contribution in [2.24, 2.45) is 0 Å². The molecule has 0 amide bonds. The van der Waals surface area contributed by atoms with Crippen LogP contribution >= 0.6 is 0 Å². The fraction of sp³-hybridized carbons (Fsp3) is 0.368. The van der Waals surface area contributed by atoms with Gasteiger partial charge in [0.25, 0.3) is 0 Å². The standard InChI is InChI=1S/C15H20O2S.2C2H6/c1-5-9-13-15(12-8-4)18(16,17)14(10-6-2)11-7-3;2*1-2/h6-13H,2,4-5H2,1,3H3;2*1-2H3/b11-7-,13-9-,14-10+,15-12+;;. The van der Waals surface area contributed by atoms with E-state index in [0.29, 0.717) is 0 Å². The molecule has 0 aliphatic rings. The van der Waals surface area contributed by atoms with Gasteiger partial charge in [-0.1, -0.05) is 72.1 Å². The van der Waals surface area contributed by atoms with E-state index in [4.69, 9.17) is 0 Å². The van der Waals surface area contributed by atoms with Crippen molar-refractivity contribution < 1.29 is 8.42 Å². The van der Waals surface area contributed by atoms with Gasteiger partial charge in [0.1, 0.15) is 0 Å². The molecule has 0 aromatic rings. The first-order chi connectivity index (χ1) is 10.5. The summed E-state index contributed by atoms with van der Waals surface area (Å²) in [6.07, 6.45) is 13.3. The molecule has 0 rings (SSSR count). The van der Waals surface area contributed by atoms with Crippen LogP contribution in [0.25, 0.3) is 0 Å². The normalized spacial score (nSPS) is 12.3. The lowest BCUT2D eigenvalue weighted by Gasteiger charge is -2.05. The van der Waals surface area contributed by atoms with E-state index in [1.807, 2.05) is 34.6 Å². The molecule has 0 aromatic heterocycles. The van der Waals surface area contributed by atoms with E-state index in [1.165, 1.54) is 24.3 Å². The highest BCUT2D eigenvalue weighted by atomic mass is 32.2. The summed E-state index contributed by atoms with van der Waals surface area (Å²) in [6, 6.07) is 0. The lowest BCUT2D eigenvalue weighted by Crippen LogP contribution is -2.04. The van der Waals surface area contributed by atoms with Crippen LogP contribution in [0.1, 0.15) is 48.0 Å². The molecule has 0 bridgehead atoms. The molecule has 0 fully saturated rings. The molecule has 0 radical (unpaired) electrons. The largest absolute Gasteiger partial charge is 0.219 e. The highest BCUT2D eigenvalue weighted by Crippen LogP contribution is 2.20. The van der Waals surface area contributed by atoms with Crippen LogP contribution in [-0.4, -0.2) is 8.42 Å². The van der Waals surface area contributed by atoms with Gasteiger partial charge in [0.2, 0.25) is 9.84 Å². The molecule has 3 heteroatoms. The van der Waals surface area contributed by atoms with Crippen LogP contribution in [0, 0.1) is 0 Å². The molecule has 0 spiro atoms. The predicted molar refractivity (Wildman–Crippen MR) is 102 cm³/mol. The summed E-state index contributed by atoms with van der Waals surface area (Å²) < 4.78 is 24.7. The lowest BCUT2D eigenvalue weighted by atomic mass is 10.4. The van der Waals surface area contributed by atoms with Crippen LogP contribution in [0.4, 0.5) is 0 Å². The molecule has 0 saturated carbocycles. The van der Waals surface area contributed by atoms with E-state index in [0.717, 1.165) is 6.42 Å². The van der Waals surface area contributed by atoms with Crippen molar-refractivity contribution in [2.75, 3.05) is 0 Å². The van der Waals surface area contributed by atoms with Crippen LogP contribution in [0.2, 0.25) is 0 Å². The summed E-state index contributed by atoms with van der Waals surface area (Å²) in [5.74, 6) is 0. The Balaban J connectivity index is -0.000000826. The number of sulfone groups is 1. The zero-order chi connectivity index (χ0) is 18.0. The minimum atomic E-state index is -3.52. The first-order valence-corrected chi connectivity index (χ1v) is 9.22. The van der Waals surface area contributed by atoms with Gasteiger partial charge < -0.3 is 0 Å². The summed E-state index contributed by atoms with van der Waals surface area (Å²) in [5, 5.41) is 0. The summed E-state index contributed by atoms with van der Waals surface area (Å²) in [5.41, 5.74) is 0. The third kappa shape index (κ3) is 10.2. The molecule has 126 valence electrons. The van der Waals surface area contributed by atoms with E-state index < -0.39 is 9.84 Å². The zero-order valence-corrected chi connectivity index (χ0v) is 15.8. The molecule has 0 atom stereocenters. The molecule has 22 heavy (non-hydrogen) atoms. The minimum absolute atomic E-state index is 0.217. The molecule has 0 aromatic carbocycles. The molecule has 0 saturated heterocycles. The van der Waals surface area contributed by atoms with Crippen LogP contribution < -0.4 is 0 Å². The smallest absolute Gasteiger partial charge is 0.206 e. The van der Waals surface area contributed by atoms with Gasteiger partial charge in [-0.25, -0.2) is 8.42 Å². The summed E-state index contributed by atoms with van der Waals surface area (Å²) >= 11 is 0. The van der Waals surface area contributed by atoms with Gasteiger partial charge >= 0.3 is 0 Å². The van der Waals surface area contributed by atoms with Crippen molar-refractivity contribution in [2.45, 2.75) is 48.0 Å². The minimum Gasteiger partial charge on any atom is -0.219 e. The van der Waals surface area contributed by atoms with Crippen molar-refractivity contribution >= 4 is 9.84 Å². The molecule has 0 aliphatic heterocycles. The number of hydrogen-bond donors (Lipinski definition) is 0. The van der Waals surface area contributed by atoms with Crippen LogP contribution in [-0.2, 0) is 9.84 Å². The average molecular weight is 325 g/mol. The quantitative estimate of drug-likeness (QED) is 0.527. The average Bonchev–Trinajstić information content (AvgIpc) is 2.55.